The van der Waals surface area contributed by atoms with E-state index in [4.69, 9.17) is 28.9 Å². The number of anilines is 1. The molecule has 0 aliphatic heterocycles. The minimum absolute atomic E-state index is 0.312. The number of hydrogen-bond acceptors (Lipinski definition) is 2. The van der Waals surface area contributed by atoms with Crippen molar-refractivity contribution in [1.82, 2.24) is 4.98 Å². The van der Waals surface area contributed by atoms with Gasteiger partial charge in [0.25, 0.3) is 0 Å². The van der Waals surface area contributed by atoms with Crippen LogP contribution in [0.4, 0.5) is 5.82 Å². The zero-order valence-corrected chi connectivity index (χ0v) is 10.6. The van der Waals surface area contributed by atoms with Crippen molar-refractivity contribution in [3.8, 4) is 0 Å². The third-order valence-electron chi connectivity index (χ3n) is 2.56. The number of halogens is 2. The van der Waals surface area contributed by atoms with Gasteiger partial charge in [-0.05, 0) is 29.7 Å². The normalized spacial score (nSPS) is 11.3. The highest BCUT2D eigenvalue weighted by molar-refractivity contribution is 6.39. The predicted molar refractivity (Wildman–Crippen MR) is 70.3 cm³/mol. The molecule has 4 heteroatoms. The summed E-state index contributed by atoms with van der Waals surface area (Å²) in [6, 6.07) is 5.47. The van der Waals surface area contributed by atoms with Crippen molar-refractivity contribution in [3.05, 3.63) is 33.8 Å². The standard InChI is InChI=1S/C12H12Cl2N2/c1-6(2)7-5-8-9(13)3-4-10(14)11(8)16-12(7)15/h3-6H,1-2H3,(H2,15,16). The zero-order chi connectivity index (χ0) is 11.9. The van der Waals surface area contributed by atoms with Gasteiger partial charge in [0.1, 0.15) is 5.82 Å². The molecule has 0 aliphatic rings. The van der Waals surface area contributed by atoms with Crippen molar-refractivity contribution < 1.29 is 0 Å². The molecule has 0 fully saturated rings. The summed E-state index contributed by atoms with van der Waals surface area (Å²) >= 11 is 12.2. The highest BCUT2D eigenvalue weighted by atomic mass is 35.5. The Hall–Kier alpha value is -0.990. The van der Waals surface area contributed by atoms with E-state index < -0.39 is 0 Å². The van der Waals surface area contributed by atoms with Crippen LogP contribution in [0.3, 0.4) is 0 Å². The average molecular weight is 255 g/mol. The summed E-state index contributed by atoms with van der Waals surface area (Å²) in [6.45, 7) is 4.13. The third kappa shape index (κ3) is 1.83. The Labute approximate surface area is 104 Å². The van der Waals surface area contributed by atoms with E-state index in [1.54, 1.807) is 12.1 Å². The minimum atomic E-state index is 0.312. The molecule has 1 heterocycles. The molecule has 0 atom stereocenters. The van der Waals surface area contributed by atoms with Crippen molar-refractivity contribution in [2.24, 2.45) is 0 Å². The number of rotatable bonds is 1. The molecule has 0 saturated carbocycles. The van der Waals surface area contributed by atoms with E-state index >= 15 is 0 Å². The summed E-state index contributed by atoms with van der Waals surface area (Å²) in [7, 11) is 0. The minimum Gasteiger partial charge on any atom is -0.383 e. The molecule has 0 bridgehead atoms. The summed E-state index contributed by atoms with van der Waals surface area (Å²) in [5, 5.41) is 2.07. The largest absolute Gasteiger partial charge is 0.383 e. The lowest BCUT2D eigenvalue weighted by molar-refractivity contribution is 0.866. The SMILES string of the molecule is CC(C)c1cc2c(Cl)ccc(Cl)c2nc1N. The summed E-state index contributed by atoms with van der Waals surface area (Å²) < 4.78 is 0. The number of nitrogens with zero attached hydrogens (tertiary/aromatic N) is 1. The van der Waals surface area contributed by atoms with Crippen molar-refractivity contribution >= 4 is 39.9 Å². The van der Waals surface area contributed by atoms with Crippen LogP contribution < -0.4 is 5.73 Å². The van der Waals surface area contributed by atoms with Gasteiger partial charge in [-0.2, -0.15) is 0 Å². The Morgan fingerprint density at radius 2 is 1.81 bits per heavy atom. The fourth-order valence-corrected chi connectivity index (χ4v) is 2.10. The molecule has 0 amide bonds. The number of fused-ring (bicyclic) bond motifs is 1. The van der Waals surface area contributed by atoms with Gasteiger partial charge in [0, 0.05) is 5.39 Å². The third-order valence-corrected chi connectivity index (χ3v) is 3.20. The van der Waals surface area contributed by atoms with Gasteiger partial charge in [-0.25, -0.2) is 4.98 Å². The van der Waals surface area contributed by atoms with Crippen molar-refractivity contribution in [2.45, 2.75) is 19.8 Å². The lowest BCUT2D eigenvalue weighted by Crippen LogP contribution is -2.00. The maximum atomic E-state index is 6.12. The maximum absolute atomic E-state index is 6.12. The second kappa shape index (κ2) is 4.11. The van der Waals surface area contributed by atoms with Crippen LogP contribution >= 0.6 is 23.2 Å². The molecule has 0 spiro atoms. The second-order valence-electron chi connectivity index (χ2n) is 4.04. The van der Waals surface area contributed by atoms with Crippen LogP contribution in [0.25, 0.3) is 10.9 Å². The van der Waals surface area contributed by atoms with Gasteiger partial charge in [-0.1, -0.05) is 37.0 Å². The number of nitrogen functional groups attached to an aromatic ring is 1. The number of aromatic nitrogens is 1. The van der Waals surface area contributed by atoms with Gasteiger partial charge in [-0.15, -0.1) is 0 Å². The van der Waals surface area contributed by atoms with Gasteiger partial charge >= 0.3 is 0 Å². The van der Waals surface area contributed by atoms with E-state index in [0.29, 0.717) is 27.3 Å². The van der Waals surface area contributed by atoms with Crippen molar-refractivity contribution in [1.29, 1.82) is 0 Å². The molecule has 0 aliphatic carbocycles. The molecule has 0 saturated heterocycles. The molecule has 1 aromatic heterocycles. The molecule has 2 aromatic rings. The lowest BCUT2D eigenvalue weighted by Gasteiger charge is -2.11. The molecular formula is C12H12Cl2N2. The first-order valence-electron chi connectivity index (χ1n) is 5.05. The fourth-order valence-electron chi connectivity index (χ4n) is 1.68. The molecule has 16 heavy (non-hydrogen) atoms. The first kappa shape index (κ1) is 11.5. The van der Waals surface area contributed by atoms with Gasteiger partial charge in [-0.3, -0.25) is 0 Å². The lowest BCUT2D eigenvalue weighted by atomic mass is 10.0. The van der Waals surface area contributed by atoms with Gasteiger partial charge < -0.3 is 5.73 Å². The molecule has 84 valence electrons. The fraction of sp³-hybridized carbons (Fsp3) is 0.250. The maximum Gasteiger partial charge on any atom is 0.127 e. The quantitative estimate of drug-likeness (QED) is 0.827. The Morgan fingerprint density at radius 3 is 2.44 bits per heavy atom. The van der Waals surface area contributed by atoms with Gasteiger partial charge in [0.05, 0.1) is 15.6 Å². The Balaban J connectivity index is 2.84. The Morgan fingerprint density at radius 1 is 1.19 bits per heavy atom. The molecule has 0 radical (unpaired) electrons. The van der Waals surface area contributed by atoms with Crippen LogP contribution in [0, 0.1) is 0 Å². The molecule has 1 aromatic carbocycles. The van der Waals surface area contributed by atoms with Crippen LogP contribution in [0.15, 0.2) is 18.2 Å². The average Bonchev–Trinajstić information content (AvgIpc) is 2.23. The van der Waals surface area contributed by atoms with Crippen LogP contribution in [0.5, 0.6) is 0 Å². The van der Waals surface area contributed by atoms with Crippen molar-refractivity contribution in [2.75, 3.05) is 5.73 Å². The smallest absolute Gasteiger partial charge is 0.127 e. The van der Waals surface area contributed by atoms with Crippen LogP contribution in [-0.4, -0.2) is 4.98 Å². The Kier molecular flexibility index (Phi) is 2.96. The van der Waals surface area contributed by atoms with E-state index in [9.17, 15) is 0 Å². The molecular weight excluding hydrogens is 243 g/mol. The molecule has 2 N–H and O–H groups in total. The highest BCUT2D eigenvalue weighted by Gasteiger charge is 2.11. The van der Waals surface area contributed by atoms with E-state index in [-0.39, 0.29) is 0 Å². The van der Waals surface area contributed by atoms with E-state index in [0.717, 1.165) is 10.9 Å². The highest BCUT2D eigenvalue weighted by Crippen LogP contribution is 2.32. The van der Waals surface area contributed by atoms with Crippen LogP contribution in [0.2, 0.25) is 10.0 Å². The number of pyridine rings is 1. The van der Waals surface area contributed by atoms with Crippen LogP contribution in [0.1, 0.15) is 25.3 Å². The van der Waals surface area contributed by atoms with E-state index in [1.165, 1.54) is 0 Å². The number of nitrogens with two attached hydrogens (primary N) is 1. The number of hydrogen-bond donors (Lipinski definition) is 1. The summed E-state index contributed by atoms with van der Waals surface area (Å²) in [4.78, 5) is 4.32. The second-order valence-corrected chi connectivity index (χ2v) is 4.86. The summed E-state index contributed by atoms with van der Waals surface area (Å²) in [6.07, 6.45) is 0. The zero-order valence-electron chi connectivity index (χ0n) is 9.09. The van der Waals surface area contributed by atoms with Crippen molar-refractivity contribution in [3.63, 3.8) is 0 Å². The predicted octanol–water partition coefficient (Wildman–Crippen LogP) is 4.25. The van der Waals surface area contributed by atoms with Gasteiger partial charge in [0.2, 0.25) is 0 Å². The van der Waals surface area contributed by atoms with E-state index in [2.05, 4.69) is 18.8 Å². The van der Waals surface area contributed by atoms with Crippen LogP contribution in [-0.2, 0) is 0 Å². The van der Waals surface area contributed by atoms with E-state index in [1.807, 2.05) is 6.07 Å². The number of benzene rings is 1. The first-order valence-corrected chi connectivity index (χ1v) is 5.80. The molecule has 0 unspecified atom stereocenters. The molecule has 2 rings (SSSR count). The monoisotopic (exact) mass is 254 g/mol. The molecule has 2 nitrogen and oxygen atoms in total. The summed E-state index contributed by atoms with van der Waals surface area (Å²) in [5.41, 5.74) is 7.55. The van der Waals surface area contributed by atoms with Gasteiger partial charge in [0.15, 0.2) is 0 Å². The first-order chi connectivity index (χ1) is 7.50. The summed E-state index contributed by atoms with van der Waals surface area (Å²) in [5.74, 6) is 0.832. The topological polar surface area (TPSA) is 38.9 Å². The Bertz CT molecular complexity index is 550.